The molecule has 2 heterocycles. The van der Waals surface area contributed by atoms with E-state index in [-0.39, 0.29) is 0 Å². The van der Waals surface area contributed by atoms with Crippen LogP contribution in [-0.2, 0) is 6.54 Å². The lowest BCUT2D eigenvalue weighted by Gasteiger charge is -1.96. The molecule has 68 valence electrons. The van der Waals surface area contributed by atoms with Gasteiger partial charge in [-0.25, -0.2) is 0 Å². The zero-order chi connectivity index (χ0) is 9.26. The van der Waals surface area contributed by atoms with Gasteiger partial charge in [0, 0.05) is 5.56 Å². The number of nitrogens with zero attached hydrogens (tertiary/aromatic N) is 3. The second-order valence-corrected chi connectivity index (χ2v) is 4.04. The molecule has 0 saturated carbocycles. The fourth-order valence-corrected chi connectivity index (χ4v) is 1.88. The van der Waals surface area contributed by atoms with Crippen molar-refractivity contribution in [2.45, 2.75) is 6.54 Å². The number of nitrogen functional groups attached to an aromatic ring is 1. The number of halogens is 1. The Morgan fingerprint density at radius 3 is 3.00 bits per heavy atom. The van der Waals surface area contributed by atoms with Gasteiger partial charge in [0.1, 0.15) is 0 Å². The van der Waals surface area contributed by atoms with E-state index < -0.39 is 0 Å². The van der Waals surface area contributed by atoms with Crippen LogP contribution < -0.4 is 5.73 Å². The van der Waals surface area contributed by atoms with Crippen molar-refractivity contribution in [3.05, 3.63) is 27.5 Å². The SMILES string of the molecule is Nc1cnn(Cc2ccsc2Cl)n1. The van der Waals surface area contributed by atoms with Crippen LogP contribution in [0.15, 0.2) is 17.6 Å². The first-order valence-corrected chi connectivity index (χ1v) is 4.89. The van der Waals surface area contributed by atoms with E-state index in [9.17, 15) is 0 Å². The zero-order valence-corrected chi connectivity index (χ0v) is 8.22. The van der Waals surface area contributed by atoms with E-state index in [1.165, 1.54) is 22.3 Å². The molecule has 0 amide bonds. The average molecular weight is 215 g/mol. The summed E-state index contributed by atoms with van der Waals surface area (Å²) in [6.45, 7) is 0.569. The van der Waals surface area contributed by atoms with Crippen molar-refractivity contribution >= 4 is 28.8 Å². The Bertz CT molecular complexity index is 408. The number of hydrogen-bond donors (Lipinski definition) is 1. The van der Waals surface area contributed by atoms with Gasteiger partial charge in [-0.2, -0.15) is 9.90 Å². The highest BCUT2D eigenvalue weighted by molar-refractivity contribution is 7.14. The third-order valence-electron chi connectivity index (χ3n) is 1.56. The molecule has 0 bridgehead atoms. The monoisotopic (exact) mass is 214 g/mol. The van der Waals surface area contributed by atoms with Gasteiger partial charge in [0.05, 0.1) is 17.1 Å². The minimum atomic E-state index is 0.423. The lowest BCUT2D eigenvalue weighted by Crippen LogP contribution is -2.03. The number of rotatable bonds is 2. The molecule has 0 radical (unpaired) electrons. The Kier molecular flexibility index (Phi) is 2.20. The number of aromatic nitrogens is 3. The van der Waals surface area contributed by atoms with Gasteiger partial charge in [0.15, 0.2) is 5.82 Å². The van der Waals surface area contributed by atoms with E-state index in [0.29, 0.717) is 12.4 Å². The van der Waals surface area contributed by atoms with Gasteiger partial charge >= 0.3 is 0 Å². The molecule has 2 aromatic rings. The molecule has 0 aliphatic heterocycles. The van der Waals surface area contributed by atoms with E-state index in [1.807, 2.05) is 11.4 Å². The molecular weight excluding hydrogens is 208 g/mol. The van der Waals surface area contributed by atoms with Crippen molar-refractivity contribution < 1.29 is 0 Å². The Hall–Kier alpha value is -1.07. The molecular formula is C7H7ClN4S. The first kappa shape index (κ1) is 8.52. The number of nitrogens with two attached hydrogens (primary N) is 1. The highest BCUT2D eigenvalue weighted by Crippen LogP contribution is 2.22. The summed E-state index contributed by atoms with van der Waals surface area (Å²) in [5.41, 5.74) is 6.44. The minimum absolute atomic E-state index is 0.423. The van der Waals surface area contributed by atoms with Crippen molar-refractivity contribution in [3.8, 4) is 0 Å². The predicted molar refractivity (Wildman–Crippen MR) is 52.9 cm³/mol. The Balaban J connectivity index is 2.19. The van der Waals surface area contributed by atoms with Crippen LogP contribution in [0, 0.1) is 0 Å². The first-order chi connectivity index (χ1) is 6.25. The van der Waals surface area contributed by atoms with Crippen LogP contribution in [0.4, 0.5) is 5.82 Å². The molecule has 2 N–H and O–H groups in total. The third-order valence-corrected chi connectivity index (χ3v) is 2.81. The van der Waals surface area contributed by atoms with E-state index in [4.69, 9.17) is 17.3 Å². The molecule has 0 atom stereocenters. The van der Waals surface area contributed by atoms with E-state index in [0.717, 1.165) is 9.90 Å². The fraction of sp³-hybridized carbons (Fsp3) is 0.143. The summed E-state index contributed by atoms with van der Waals surface area (Å²) in [4.78, 5) is 1.52. The summed E-state index contributed by atoms with van der Waals surface area (Å²) >= 11 is 7.41. The van der Waals surface area contributed by atoms with Gasteiger partial charge in [-0.3, -0.25) is 0 Å². The van der Waals surface area contributed by atoms with Gasteiger partial charge in [-0.05, 0) is 11.4 Å². The van der Waals surface area contributed by atoms with Crippen molar-refractivity contribution in [1.29, 1.82) is 0 Å². The number of thiophene rings is 1. The summed E-state index contributed by atoms with van der Waals surface area (Å²) in [5.74, 6) is 0.423. The molecule has 0 spiro atoms. The van der Waals surface area contributed by atoms with Crippen LogP contribution in [0.1, 0.15) is 5.56 Å². The lowest BCUT2D eigenvalue weighted by atomic mass is 10.3. The summed E-state index contributed by atoms with van der Waals surface area (Å²) in [7, 11) is 0. The Morgan fingerprint density at radius 2 is 2.46 bits per heavy atom. The normalized spacial score (nSPS) is 10.5. The highest BCUT2D eigenvalue weighted by atomic mass is 35.5. The fourth-order valence-electron chi connectivity index (χ4n) is 0.971. The van der Waals surface area contributed by atoms with Crippen molar-refractivity contribution in [2.24, 2.45) is 0 Å². The second kappa shape index (κ2) is 3.35. The third kappa shape index (κ3) is 1.81. The van der Waals surface area contributed by atoms with Crippen LogP contribution in [0.5, 0.6) is 0 Å². The van der Waals surface area contributed by atoms with Crippen LogP contribution in [0.2, 0.25) is 4.34 Å². The van der Waals surface area contributed by atoms with E-state index >= 15 is 0 Å². The van der Waals surface area contributed by atoms with Gasteiger partial charge in [-0.1, -0.05) is 11.6 Å². The van der Waals surface area contributed by atoms with Crippen LogP contribution in [-0.4, -0.2) is 15.0 Å². The van der Waals surface area contributed by atoms with Crippen LogP contribution in [0.3, 0.4) is 0 Å². The van der Waals surface area contributed by atoms with Gasteiger partial charge < -0.3 is 5.73 Å². The molecule has 4 nitrogen and oxygen atoms in total. The molecule has 2 rings (SSSR count). The lowest BCUT2D eigenvalue weighted by molar-refractivity contribution is 0.594. The molecule has 0 unspecified atom stereocenters. The van der Waals surface area contributed by atoms with Crippen LogP contribution in [0.25, 0.3) is 0 Å². The van der Waals surface area contributed by atoms with Crippen molar-refractivity contribution in [3.63, 3.8) is 0 Å². The van der Waals surface area contributed by atoms with Gasteiger partial charge in [0.2, 0.25) is 0 Å². The first-order valence-electron chi connectivity index (χ1n) is 3.63. The maximum atomic E-state index is 5.91. The minimum Gasteiger partial charge on any atom is -0.381 e. The van der Waals surface area contributed by atoms with Gasteiger partial charge in [-0.15, -0.1) is 16.4 Å². The Morgan fingerprint density at radius 1 is 1.62 bits per heavy atom. The Labute approximate surface area is 83.9 Å². The molecule has 2 aromatic heterocycles. The van der Waals surface area contributed by atoms with E-state index in [1.54, 1.807) is 0 Å². The summed E-state index contributed by atoms with van der Waals surface area (Å²) < 4.78 is 0.774. The second-order valence-electron chi connectivity index (χ2n) is 2.52. The number of hydrogen-bond acceptors (Lipinski definition) is 4. The number of anilines is 1. The summed E-state index contributed by atoms with van der Waals surface area (Å²) in [5, 5.41) is 9.85. The van der Waals surface area contributed by atoms with Crippen molar-refractivity contribution in [2.75, 3.05) is 5.73 Å². The van der Waals surface area contributed by atoms with E-state index in [2.05, 4.69) is 10.2 Å². The maximum absolute atomic E-state index is 5.91. The standard InChI is InChI=1S/C7H7ClN4S/c8-7-5(1-2-13-7)4-12-10-3-6(9)11-12/h1-3H,4H2,(H2,9,11). The van der Waals surface area contributed by atoms with Gasteiger partial charge in [0.25, 0.3) is 0 Å². The molecule has 0 saturated heterocycles. The smallest absolute Gasteiger partial charge is 0.165 e. The molecule has 0 aliphatic carbocycles. The van der Waals surface area contributed by atoms with Crippen molar-refractivity contribution in [1.82, 2.24) is 15.0 Å². The molecule has 6 heteroatoms. The molecule has 0 aliphatic rings. The molecule has 13 heavy (non-hydrogen) atoms. The summed E-state index contributed by atoms with van der Waals surface area (Å²) in [6, 6.07) is 1.95. The molecule has 0 fully saturated rings. The average Bonchev–Trinajstić information content (AvgIpc) is 2.64. The quantitative estimate of drug-likeness (QED) is 0.827. The predicted octanol–water partition coefficient (Wildman–Crippen LogP) is 1.62. The molecule has 0 aromatic carbocycles. The summed E-state index contributed by atoms with van der Waals surface area (Å²) in [6.07, 6.45) is 1.51. The largest absolute Gasteiger partial charge is 0.381 e. The maximum Gasteiger partial charge on any atom is 0.165 e. The zero-order valence-electron chi connectivity index (χ0n) is 6.64. The van der Waals surface area contributed by atoms with Crippen LogP contribution >= 0.6 is 22.9 Å². The highest BCUT2D eigenvalue weighted by Gasteiger charge is 2.03. The topological polar surface area (TPSA) is 56.7 Å².